The topological polar surface area (TPSA) is 112 Å². The zero-order valence-corrected chi connectivity index (χ0v) is 22.0. The summed E-state index contributed by atoms with van der Waals surface area (Å²) in [5.41, 5.74) is 1.83. The average Bonchev–Trinajstić information content (AvgIpc) is 2.96. The van der Waals surface area contributed by atoms with Crippen LogP contribution in [0.4, 0.5) is 22.7 Å². The SMILES string of the molecule is COc1ccc(C(=O)Nc2ccccc2)cc1N=Nc1c(O)c(C(=O)Nc2cccc(Cl)c2)cc2ccccc12. The van der Waals surface area contributed by atoms with Gasteiger partial charge in [0.05, 0.1) is 12.7 Å². The lowest BCUT2D eigenvalue weighted by molar-refractivity contribution is 0.101. The summed E-state index contributed by atoms with van der Waals surface area (Å²) in [7, 11) is 1.48. The summed E-state index contributed by atoms with van der Waals surface area (Å²) >= 11 is 6.04. The van der Waals surface area contributed by atoms with Gasteiger partial charge in [-0.2, -0.15) is 0 Å². The molecule has 0 aliphatic carbocycles. The van der Waals surface area contributed by atoms with Gasteiger partial charge in [-0.15, -0.1) is 10.2 Å². The summed E-state index contributed by atoms with van der Waals surface area (Å²) in [5, 5.41) is 27.1. The molecule has 5 rings (SSSR count). The highest BCUT2D eigenvalue weighted by molar-refractivity contribution is 6.31. The van der Waals surface area contributed by atoms with Crippen LogP contribution in [0.1, 0.15) is 20.7 Å². The van der Waals surface area contributed by atoms with Crippen LogP contribution in [0.2, 0.25) is 5.02 Å². The van der Waals surface area contributed by atoms with Crippen molar-refractivity contribution in [1.82, 2.24) is 0 Å². The summed E-state index contributed by atoms with van der Waals surface area (Å²) in [6, 6.07) is 29.3. The van der Waals surface area contributed by atoms with Gasteiger partial charge in [0.25, 0.3) is 11.8 Å². The third-order valence-electron chi connectivity index (χ3n) is 6.05. The van der Waals surface area contributed by atoms with Gasteiger partial charge in [-0.05, 0) is 60.0 Å². The Hall–Kier alpha value is -5.21. The number of rotatable bonds is 7. The predicted octanol–water partition coefficient (Wildman–Crippen LogP) is 8.13. The normalized spacial score (nSPS) is 10.9. The number of halogens is 1. The second-order valence-corrected chi connectivity index (χ2v) is 9.15. The first-order chi connectivity index (χ1) is 19.4. The number of phenolic OH excluding ortho intramolecular Hbond substituents is 1. The lowest BCUT2D eigenvalue weighted by atomic mass is 10.0. The van der Waals surface area contributed by atoms with E-state index in [2.05, 4.69) is 20.9 Å². The highest BCUT2D eigenvalue weighted by Crippen LogP contribution is 2.40. The first-order valence-electron chi connectivity index (χ1n) is 12.2. The molecular weight excluding hydrogens is 528 g/mol. The number of benzene rings is 5. The second kappa shape index (κ2) is 11.7. The number of methoxy groups -OCH3 is 1. The molecule has 0 saturated carbocycles. The van der Waals surface area contributed by atoms with Crippen LogP contribution in [-0.2, 0) is 0 Å². The van der Waals surface area contributed by atoms with E-state index in [0.29, 0.717) is 38.5 Å². The Balaban J connectivity index is 1.51. The summed E-state index contributed by atoms with van der Waals surface area (Å²) in [6.45, 7) is 0. The number of hydrogen-bond acceptors (Lipinski definition) is 6. The summed E-state index contributed by atoms with van der Waals surface area (Å²) in [6.07, 6.45) is 0. The minimum absolute atomic E-state index is 0.00980. The van der Waals surface area contributed by atoms with Crippen LogP contribution in [0.15, 0.2) is 113 Å². The molecule has 0 bridgehead atoms. The van der Waals surface area contributed by atoms with E-state index in [4.69, 9.17) is 16.3 Å². The minimum Gasteiger partial charge on any atom is -0.505 e. The number of ether oxygens (including phenoxy) is 1. The molecule has 198 valence electrons. The molecule has 2 amide bonds. The van der Waals surface area contributed by atoms with Gasteiger partial charge in [0.1, 0.15) is 17.1 Å². The van der Waals surface area contributed by atoms with Crippen molar-refractivity contribution in [2.45, 2.75) is 0 Å². The van der Waals surface area contributed by atoms with E-state index in [0.717, 1.165) is 0 Å². The first kappa shape index (κ1) is 26.4. The van der Waals surface area contributed by atoms with Crippen LogP contribution in [0.25, 0.3) is 10.8 Å². The molecule has 0 aliphatic rings. The lowest BCUT2D eigenvalue weighted by Crippen LogP contribution is -2.12. The van der Waals surface area contributed by atoms with Gasteiger partial charge < -0.3 is 20.5 Å². The van der Waals surface area contributed by atoms with Crippen LogP contribution in [-0.4, -0.2) is 24.0 Å². The van der Waals surface area contributed by atoms with Crippen molar-refractivity contribution >= 4 is 56.9 Å². The van der Waals surface area contributed by atoms with Crippen LogP contribution < -0.4 is 15.4 Å². The summed E-state index contributed by atoms with van der Waals surface area (Å²) in [4.78, 5) is 26.0. The van der Waals surface area contributed by atoms with Gasteiger partial charge in [0, 0.05) is 27.3 Å². The van der Waals surface area contributed by atoms with E-state index in [1.165, 1.54) is 13.2 Å². The third kappa shape index (κ3) is 5.77. The predicted molar refractivity (Wildman–Crippen MR) is 157 cm³/mol. The number of aromatic hydroxyl groups is 1. The average molecular weight is 551 g/mol. The van der Waals surface area contributed by atoms with Crippen LogP contribution in [0, 0.1) is 0 Å². The Labute approximate surface area is 234 Å². The molecule has 5 aromatic rings. The Morgan fingerprint density at radius 3 is 2.27 bits per heavy atom. The van der Waals surface area contributed by atoms with E-state index in [1.807, 2.05) is 24.3 Å². The molecular formula is C31H23ClN4O4. The number of fused-ring (bicyclic) bond motifs is 1. The molecule has 8 nitrogen and oxygen atoms in total. The number of phenols is 1. The van der Waals surface area contributed by atoms with Crippen molar-refractivity contribution in [2.24, 2.45) is 10.2 Å². The molecule has 9 heteroatoms. The molecule has 0 spiro atoms. The van der Waals surface area contributed by atoms with Crippen molar-refractivity contribution < 1.29 is 19.4 Å². The maximum absolute atomic E-state index is 13.1. The molecule has 5 aromatic carbocycles. The molecule has 3 N–H and O–H groups in total. The second-order valence-electron chi connectivity index (χ2n) is 8.71. The maximum Gasteiger partial charge on any atom is 0.259 e. The number of hydrogen-bond donors (Lipinski definition) is 3. The zero-order chi connectivity index (χ0) is 28.1. The van der Waals surface area contributed by atoms with Gasteiger partial charge in [-0.3, -0.25) is 9.59 Å². The number of nitrogens with zero attached hydrogens (tertiary/aromatic N) is 2. The highest BCUT2D eigenvalue weighted by Gasteiger charge is 2.19. The van der Waals surface area contributed by atoms with Crippen molar-refractivity contribution in [2.75, 3.05) is 17.7 Å². The van der Waals surface area contributed by atoms with E-state index in [-0.39, 0.29) is 28.6 Å². The number of para-hydroxylation sites is 1. The fourth-order valence-corrected chi connectivity index (χ4v) is 4.28. The maximum atomic E-state index is 13.1. The van der Waals surface area contributed by atoms with Gasteiger partial charge in [0.2, 0.25) is 0 Å². The molecule has 0 aliphatic heterocycles. The molecule has 0 atom stereocenters. The zero-order valence-electron chi connectivity index (χ0n) is 21.3. The number of anilines is 2. The summed E-state index contributed by atoms with van der Waals surface area (Å²) in [5.74, 6) is -0.852. The van der Waals surface area contributed by atoms with Gasteiger partial charge >= 0.3 is 0 Å². The highest BCUT2D eigenvalue weighted by atomic mass is 35.5. The van der Waals surface area contributed by atoms with E-state index in [1.54, 1.807) is 72.8 Å². The molecule has 40 heavy (non-hydrogen) atoms. The number of amides is 2. The Kier molecular flexibility index (Phi) is 7.70. The fourth-order valence-electron chi connectivity index (χ4n) is 4.09. The van der Waals surface area contributed by atoms with Crippen LogP contribution >= 0.6 is 11.6 Å². The quantitative estimate of drug-likeness (QED) is 0.177. The molecule has 0 saturated heterocycles. The number of azo groups is 1. The van der Waals surface area contributed by atoms with E-state index < -0.39 is 5.91 Å². The number of carbonyl (C=O) groups excluding carboxylic acids is 2. The van der Waals surface area contributed by atoms with Crippen molar-refractivity contribution in [3.8, 4) is 11.5 Å². The van der Waals surface area contributed by atoms with Gasteiger partial charge in [0.15, 0.2) is 5.75 Å². The fraction of sp³-hybridized carbons (Fsp3) is 0.0323. The third-order valence-corrected chi connectivity index (χ3v) is 6.29. The Morgan fingerprint density at radius 2 is 1.50 bits per heavy atom. The Bertz CT molecular complexity index is 1760. The van der Waals surface area contributed by atoms with Gasteiger partial charge in [-0.25, -0.2) is 0 Å². The summed E-state index contributed by atoms with van der Waals surface area (Å²) < 4.78 is 5.42. The van der Waals surface area contributed by atoms with Crippen molar-refractivity contribution in [1.29, 1.82) is 0 Å². The Morgan fingerprint density at radius 1 is 0.775 bits per heavy atom. The molecule has 0 aromatic heterocycles. The molecule has 0 unspecified atom stereocenters. The minimum atomic E-state index is -0.542. The molecule has 0 heterocycles. The van der Waals surface area contributed by atoms with Crippen molar-refractivity contribution in [3.05, 3.63) is 119 Å². The lowest BCUT2D eigenvalue weighted by Gasteiger charge is -2.12. The van der Waals surface area contributed by atoms with Gasteiger partial charge in [-0.1, -0.05) is 60.1 Å². The van der Waals surface area contributed by atoms with Crippen LogP contribution in [0.3, 0.4) is 0 Å². The first-order valence-corrected chi connectivity index (χ1v) is 12.6. The monoisotopic (exact) mass is 550 g/mol. The standard InChI is InChI=1S/C31H23ClN4O4/c1-40-27-15-14-20(30(38)33-22-10-3-2-4-11-22)17-26(27)35-36-28-24-13-6-5-8-19(24)16-25(29(28)37)31(39)34-23-12-7-9-21(32)18-23/h2-18,37H,1H3,(H,33,38)(H,34,39). The molecule has 0 radical (unpaired) electrons. The number of nitrogens with one attached hydrogen (secondary N) is 2. The molecule has 0 fully saturated rings. The van der Waals surface area contributed by atoms with E-state index in [9.17, 15) is 14.7 Å². The largest absolute Gasteiger partial charge is 0.505 e. The van der Waals surface area contributed by atoms with E-state index >= 15 is 0 Å². The van der Waals surface area contributed by atoms with Crippen molar-refractivity contribution in [3.63, 3.8) is 0 Å². The number of carbonyl (C=O) groups is 2. The van der Waals surface area contributed by atoms with Crippen LogP contribution in [0.5, 0.6) is 11.5 Å². The smallest absolute Gasteiger partial charge is 0.259 e.